The number of aliphatic hydroxyl groups is 1. The molecule has 0 saturated carbocycles. The van der Waals surface area contributed by atoms with Gasteiger partial charge in [0.05, 0.1) is 6.10 Å². The largest absolute Gasteiger partial charge is 0.387 e. The van der Waals surface area contributed by atoms with Crippen LogP contribution in [-0.4, -0.2) is 16.6 Å². The van der Waals surface area contributed by atoms with Crippen molar-refractivity contribution in [1.29, 1.82) is 0 Å². The van der Waals surface area contributed by atoms with Crippen molar-refractivity contribution in [1.82, 2.24) is 10.3 Å². The second kappa shape index (κ2) is 7.01. The maximum atomic E-state index is 9.99. The maximum absolute atomic E-state index is 9.99. The minimum absolute atomic E-state index is 0.485. The Balaban J connectivity index is 1.86. The predicted octanol–water partition coefficient (Wildman–Crippen LogP) is 3.32. The van der Waals surface area contributed by atoms with Gasteiger partial charge in [0, 0.05) is 35.0 Å². The zero-order valence-electron chi connectivity index (χ0n) is 10.2. The topological polar surface area (TPSA) is 45.1 Å². The summed E-state index contributed by atoms with van der Waals surface area (Å²) in [5, 5.41) is 13.9. The molecule has 0 spiro atoms. The van der Waals surface area contributed by atoms with Gasteiger partial charge >= 0.3 is 0 Å². The van der Waals surface area contributed by atoms with E-state index in [0.29, 0.717) is 18.1 Å². The highest BCUT2D eigenvalue weighted by Gasteiger charge is 2.07. The lowest BCUT2D eigenvalue weighted by molar-refractivity contribution is 0.174. The molecule has 0 bridgehead atoms. The van der Waals surface area contributed by atoms with Crippen molar-refractivity contribution in [2.24, 2.45) is 0 Å². The third-order valence-electron chi connectivity index (χ3n) is 2.76. The fourth-order valence-electron chi connectivity index (χ4n) is 1.71. The highest BCUT2D eigenvalue weighted by molar-refractivity contribution is 9.10. The third-order valence-corrected chi connectivity index (χ3v) is 3.73. The van der Waals surface area contributed by atoms with Gasteiger partial charge in [-0.1, -0.05) is 33.6 Å². The van der Waals surface area contributed by atoms with E-state index in [1.54, 1.807) is 12.4 Å². The molecule has 1 aromatic heterocycles. The summed E-state index contributed by atoms with van der Waals surface area (Å²) in [6, 6.07) is 9.29. The molecule has 19 heavy (non-hydrogen) atoms. The van der Waals surface area contributed by atoms with E-state index >= 15 is 0 Å². The molecule has 0 aliphatic carbocycles. The Kier molecular flexibility index (Phi) is 5.34. The van der Waals surface area contributed by atoms with Crippen LogP contribution in [0.2, 0.25) is 5.02 Å². The molecule has 2 rings (SSSR count). The number of nitrogens with zero attached hydrogens (tertiary/aromatic N) is 1. The van der Waals surface area contributed by atoms with Crippen LogP contribution >= 0.6 is 27.5 Å². The minimum Gasteiger partial charge on any atom is -0.387 e. The Hall–Kier alpha value is -0.940. The van der Waals surface area contributed by atoms with Gasteiger partial charge in [0.15, 0.2) is 0 Å². The first-order valence-electron chi connectivity index (χ1n) is 5.89. The second-order valence-electron chi connectivity index (χ2n) is 4.16. The van der Waals surface area contributed by atoms with E-state index in [1.807, 2.05) is 30.3 Å². The zero-order chi connectivity index (χ0) is 13.7. The van der Waals surface area contributed by atoms with Gasteiger partial charge in [0.25, 0.3) is 0 Å². The summed E-state index contributed by atoms with van der Waals surface area (Å²) < 4.78 is 0.964. The Labute approximate surface area is 125 Å². The van der Waals surface area contributed by atoms with Crippen LogP contribution in [0.1, 0.15) is 17.2 Å². The molecule has 1 heterocycles. The van der Waals surface area contributed by atoms with Crippen LogP contribution in [0.3, 0.4) is 0 Å². The fraction of sp³-hybridized carbons (Fsp3) is 0.214. The SMILES string of the molecule is OC(CNCc1ccc(Cl)cc1Br)c1ccncc1. The molecule has 100 valence electrons. The fourth-order valence-corrected chi connectivity index (χ4v) is 2.53. The van der Waals surface area contributed by atoms with Crippen LogP contribution in [0.4, 0.5) is 0 Å². The normalized spacial score (nSPS) is 12.4. The number of aliphatic hydroxyl groups excluding tert-OH is 1. The van der Waals surface area contributed by atoms with Crippen LogP contribution < -0.4 is 5.32 Å². The molecule has 2 N–H and O–H groups in total. The van der Waals surface area contributed by atoms with Crippen LogP contribution in [0.15, 0.2) is 47.2 Å². The number of aromatic nitrogens is 1. The molecule has 5 heteroatoms. The molecular weight excluding hydrogens is 328 g/mol. The highest BCUT2D eigenvalue weighted by Crippen LogP contribution is 2.21. The molecule has 0 amide bonds. The number of hydrogen-bond donors (Lipinski definition) is 2. The number of halogens is 2. The predicted molar refractivity (Wildman–Crippen MR) is 80.1 cm³/mol. The monoisotopic (exact) mass is 340 g/mol. The first-order chi connectivity index (χ1) is 9.16. The molecule has 1 aromatic carbocycles. The highest BCUT2D eigenvalue weighted by atomic mass is 79.9. The van der Waals surface area contributed by atoms with E-state index in [-0.39, 0.29) is 0 Å². The van der Waals surface area contributed by atoms with Gasteiger partial charge in [-0.05, 0) is 35.4 Å². The number of benzene rings is 1. The minimum atomic E-state index is -0.533. The molecule has 0 radical (unpaired) electrons. The van der Waals surface area contributed by atoms with Crippen LogP contribution in [0, 0.1) is 0 Å². The number of nitrogens with one attached hydrogen (secondary N) is 1. The van der Waals surface area contributed by atoms with Gasteiger partial charge in [0.2, 0.25) is 0 Å². The van der Waals surface area contributed by atoms with E-state index in [9.17, 15) is 5.11 Å². The van der Waals surface area contributed by atoms with Crippen molar-refractivity contribution < 1.29 is 5.11 Å². The molecule has 0 aliphatic rings. The molecular formula is C14H14BrClN2O. The third kappa shape index (κ3) is 4.28. The molecule has 1 atom stereocenters. The lowest BCUT2D eigenvalue weighted by atomic mass is 10.1. The molecule has 1 unspecified atom stereocenters. The van der Waals surface area contributed by atoms with E-state index in [2.05, 4.69) is 26.2 Å². The molecule has 0 saturated heterocycles. The molecule has 3 nitrogen and oxygen atoms in total. The lowest BCUT2D eigenvalue weighted by Gasteiger charge is -2.12. The van der Waals surface area contributed by atoms with E-state index in [0.717, 1.165) is 15.6 Å². The summed E-state index contributed by atoms with van der Waals surface area (Å²) in [6.07, 6.45) is 2.82. The summed E-state index contributed by atoms with van der Waals surface area (Å²) >= 11 is 9.35. The zero-order valence-corrected chi connectivity index (χ0v) is 12.5. The van der Waals surface area contributed by atoms with Gasteiger partial charge < -0.3 is 10.4 Å². The number of pyridine rings is 1. The van der Waals surface area contributed by atoms with Gasteiger partial charge in [-0.3, -0.25) is 4.98 Å². The molecule has 2 aromatic rings. The van der Waals surface area contributed by atoms with Crippen molar-refractivity contribution in [2.45, 2.75) is 12.6 Å². The van der Waals surface area contributed by atoms with Crippen molar-refractivity contribution in [3.63, 3.8) is 0 Å². The summed E-state index contributed by atoms with van der Waals surface area (Å²) in [5.41, 5.74) is 1.96. The van der Waals surface area contributed by atoms with E-state index < -0.39 is 6.10 Å². The molecule has 0 aliphatic heterocycles. The standard InChI is InChI=1S/C14H14BrClN2O/c15-13-7-12(16)2-1-11(13)8-18-9-14(19)10-3-5-17-6-4-10/h1-7,14,18-19H,8-9H2. The average molecular weight is 342 g/mol. The number of rotatable bonds is 5. The van der Waals surface area contributed by atoms with Crippen molar-refractivity contribution >= 4 is 27.5 Å². The van der Waals surface area contributed by atoms with Crippen LogP contribution in [0.5, 0.6) is 0 Å². The van der Waals surface area contributed by atoms with E-state index in [4.69, 9.17) is 11.6 Å². The van der Waals surface area contributed by atoms with Gasteiger partial charge in [-0.25, -0.2) is 0 Å². The summed E-state index contributed by atoms with van der Waals surface area (Å²) in [6.45, 7) is 1.15. The van der Waals surface area contributed by atoms with Gasteiger partial charge in [-0.2, -0.15) is 0 Å². The maximum Gasteiger partial charge on any atom is 0.0915 e. The second-order valence-corrected chi connectivity index (χ2v) is 5.45. The smallest absolute Gasteiger partial charge is 0.0915 e. The Morgan fingerprint density at radius 3 is 2.68 bits per heavy atom. The lowest BCUT2D eigenvalue weighted by Crippen LogP contribution is -2.21. The summed E-state index contributed by atoms with van der Waals surface area (Å²) in [5.74, 6) is 0. The number of hydrogen-bond acceptors (Lipinski definition) is 3. The Morgan fingerprint density at radius 1 is 1.26 bits per heavy atom. The van der Waals surface area contributed by atoms with Crippen molar-refractivity contribution in [3.8, 4) is 0 Å². The van der Waals surface area contributed by atoms with Crippen molar-refractivity contribution in [3.05, 3.63) is 63.3 Å². The Bertz CT molecular complexity index is 536. The Morgan fingerprint density at radius 2 is 2.00 bits per heavy atom. The summed E-state index contributed by atoms with van der Waals surface area (Å²) in [7, 11) is 0. The van der Waals surface area contributed by atoms with Gasteiger partial charge in [-0.15, -0.1) is 0 Å². The summed E-state index contributed by atoms with van der Waals surface area (Å²) in [4.78, 5) is 3.93. The quantitative estimate of drug-likeness (QED) is 0.877. The van der Waals surface area contributed by atoms with Crippen LogP contribution in [0.25, 0.3) is 0 Å². The van der Waals surface area contributed by atoms with Gasteiger partial charge in [0.1, 0.15) is 0 Å². The van der Waals surface area contributed by atoms with Crippen LogP contribution in [-0.2, 0) is 6.54 Å². The van der Waals surface area contributed by atoms with Crippen molar-refractivity contribution in [2.75, 3.05) is 6.54 Å². The first-order valence-corrected chi connectivity index (χ1v) is 7.06. The average Bonchev–Trinajstić information content (AvgIpc) is 2.42. The first kappa shape index (κ1) is 14.5. The molecule has 0 fully saturated rings. The van der Waals surface area contributed by atoms with E-state index in [1.165, 1.54) is 0 Å².